The molecule has 240 valence electrons. The van der Waals surface area contributed by atoms with Gasteiger partial charge in [0.2, 0.25) is 5.91 Å². The molecule has 3 amide bonds. The summed E-state index contributed by atoms with van der Waals surface area (Å²) in [5.74, 6) is -0.423. The Morgan fingerprint density at radius 2 is 1.64 bits per heavy atom. The first-order chi connectivity index (χ1) is 19.7. The Kier molecular flexibility index (Phi) is 16.5. The molecular weight excluding hydrogens is 538 g/mol. The Labute approximate surface area is 252 Å². The number of hydrogen-bond donors (Lipinski definition) is 4. The minimum Gasteiger partial charge on any atom is -0.467 e. The molecule has 0 saturated heterocycles. The molecule has 1 rings (SSSR count). The van der Waals surface area contributed by atoms with Crippen molar-refractivity contribution in [3.8, 4) is 5.75 Å². The van der Waals surface area contributed by atoms with E-state index in [1.54, 1.807) is 45.0 Å². The fourth-order valence-electron chi connectivity index (χ4n) is 4.54. The van der Waals surface area contributed by atoms with Crippen molar-refractivity contribution >= 4 is 17.9 Å². The molecule has 0 bridgehead atoms. The van der Waals surface area contributed by atoms with Gasteiger partial charge in [-0.15, -0.1) is 0 Å². The van der Waals surface area contributed by atoms with E-state index in [1.165, 1.54) is 7.11 Å². The lowest BCUT2D eigenvalue weighted by Gasteiger charge is -2.33. The summed E-state index contributed by atoms with van der Waals surface area (Å²) in [4.78, 5) is 38.9. The van der Waals surface area contributed by atoms with Gasteiger partial charge >= 0.3 is 6.09 Å². The molecule has 4 N–H and O–H groups in total. The van der Waals surface area contributed by atoms with Gasteiger partial charge in [0.25, 0.3) is 5.91 Å². The van der Waals surface area contributed by atoms with E-state index in [0.717, 1.165) is 12.8 Å². The van der Waals surface area contributed by atoms with Crippen LogP contribution >= 0.6 is 0 Å². The second kappa shape index (κ2) is 18.6. The second-order valence-corrected chi connectivity index (χ2v) is 12.5. The fourth-order valence-corrected chi connectivity index (χ4v) is 4.54. The molecule has 0 spiro atoms. The normalized spacial score (nSPS) is 14.6. The van der Waals surface area contributed by atoms with E-state index in [-0.39, 0.29) is 42.8 Å². The van der Waals surface area contributed by atoms with Crippen molar-refractivity contribution in [2.24, 2.45) is 23.7 Å². The number of aliphatic hydroxyl groups excluding tert-OH is 1. The van der Waals surface area contributed by atoms with Crippen LogP contribution in [-0.4, -0.2) is 67.8 Å². The molecule has 0 heterocycles. The van der Waals surface area contributed by atoms with Gasteiger partial charge in [-0.2, -0.15) is 0 Å². The molecule has 1 aromatic rings. The Balaban J connectivity index is 3.11. The highest BCUT2D eigenvalue weighted by atomic mass is 16.7. The lowest BCUT2D eigenvalue weighted by molar-refractivity contribution is -0.127. The molecule has 0 radical (unpaired) electrons. The number of nitrogens with one attached hydrogen (secondary N) is 3. The first-order valence-electron chi connectivity index (χ1n) is 15.1. The van der Waals surface area contributed by atoms with Crippen LogP contribution in [0.25, 0.3) is 0 Å². The minimum absolute atomic E-state index is 0.0102. The summed E-state index contributed by atoms with van der Waals surface area (Å²) in [7, 11) is 1.51. The summed E-state index contributed by atoms with van der Waals surface area (Å²) < 4.78 is 16.0. The Morgan fingerprint density at radius 1 is 0.976 bits per heavy atom. The summed E-state index contributed by atoms with van der Waals surface area (Å²) in [5.41, 5.74) is -0.336. The maximum atomic E-state index is 13.1. The monoisotopic (exact) mass is 593 g/mol. The molecule has 4 atom stereocenters. The summed E-state index contributed by atoms with van der Waals surface area (Å²) in [6, 6.07) is 6.22. The van der Waals surface area contributed by atoms with E-state index in [2.05, 4.69) is 22.9 Å². The molecule has 1 aromatic carbocycles. The van der Waals surface area contributed by atoms with Crippen LogP contribution in [0.2, 0.25) is 0 Å². The highest BCUT2D eigenvalue weighted by Gasteiger charge is 2.33. The topological polar surface area (TPSA) is 135 Å². The zero-order valence-electron chi connectivity index (χ0n) is 27.1. The SMILES string of the molecule is CCCCNC(=O)C(CC(O)C(CC(CNC(=O)c1ccccc1OCOC)C(C)C)NC(=O)OC(C)(C)C)C(C)C. The van der Waals surface area contributed by atoms with Crippen LogP contribution in [-0.2, 0) is 14.3 Å². The van der Waals surface area contributed by atoms with Gasteiger partial charge in [0.1, 0.15) is 11.4 Å². The zero-order valence-corrected chi connectivity index (χ0v) is 27.1. The van der Waals surface area contributed by atoms with Crippen LogP contribution in [0.3, 0.4) is 0 Å². The minimum atomic E-state index is -1.01. The van der Waals surface area contributed by atoms with Crippen LogP contribution in [0.5, 0.6) is 5.75 Å². The maximum absolute atomic E-state index is 13.1. The number of rotatable bonds is 18. The van der Waals surface area contributed by atoms with Gasteiger partial charge in [-0.1, -0.05) is 53.2 Å². The standard InChI is InChI=1S/C32H55N3O7/c1-10-11-16-33-30(38)25(22(4)5)18-27(36)26(35-31(39)42-32(6,7)8)17-23(21(2)3)19-34-29(37)24-14-12-13-15-28(24)41-20-40-9/h12-15,21-23,25-27,36H,10-11,16-20H2,1-9H3,(H,33,38)(H,34,37)(H,35,39). The van der Waals surface area contributed by atoms with E-state index >= 15 is 0 Å². The molecule has 0 saturated carbocycles. The van der Waals surface area contributed by atoms with E-state index in [1.807, 2.05) is 27.7 Å². The predicted molar refractivity (Wildman–Crippen MR) is 164 cm³/mol. The number of amides is 3. The number of carbonyl (C=O) groups is 3. The zero-order chi connectivity index (χ0) is 31.9. The van der Waals surface area contributed by atoms with Crippen molar-refractivity contribution in [3.05, 3.63) is 29.8 Å². The van der Waals surface area contributed by atoms with Crippen LogP contribution in [0.15, 0.2) is 24.3 Å². The molecule has 10 nitrogen and oxygen atoms in total. The number of aliphatic hydroxyl groups is 1. The Morgan fingerprint density at radius 3 is 2.21 bits per heavy atom. The van der Waals surface area contributed by atoms with Gasteiger partial charge in [0.15, 0.2) is 6.79 Å². The van der Waals surface area contributed by atoms with Crippen LogP contribution in [0, 0.1) is 23.7 Å². The van der Waals surface area contributed by atoms with Crippen molar-refractivity contribution in [2.45, 2.75) is 98.8 Å². The van der Waals surface area contributed by atoms with Crippen molar-refractivity contribution < 1.29 is 33.7 Å². The molecule has 10 heteroatoms. The van der Waals surface area contributed by atoms with Gasteiger partial charge < -0.3 is 35.3 Å². The number of para-hydroxylation sites is 1. The van der Waals surface area contributed by atoms with Gasteiger partial charge in [-0.3, -0.25) is 9.59 Å². The number of carbonyl (C=O) groups excluding carboxylic acids is 3. The smallest absolute Gasteiger partial charge is 0.407 e. The van der Waals surface area contributed by atoms with Gasteiger partial charge in [-0.25, -0.2) is 4.79 Å². The van der Waals surface area contributed by atoms with E-state index in [9.17, 15) is 19.5 Å². The first-order valence-corrected chi connectivity index (χ1v) is 15.1. The first kappa shape index (κ1) is 37.2. The van der Waals surface area contributed by atoms with Gasteiger partial charge in [-0.05, 0) is 69.9 Å². The quantitative estimate of drug-likeness (QED) is 0.141. The molecular formula is C32H55N3O7. The van der Waals surface area contributed by atoms with Crippen molar-refractivity contribution in [3.63, 3.8) is 0 Å². The van der Waals surface area contributed by atoms with Crippen molar-refractivity contribution in [1.82, 2.24) is 16.0 Å². The number of benzene rings is 1. The number of ether oxygens (including phenoxy) is 3. The average molecular weight is 594 g/mol. The van der Waals surface area contributed by atoms with E-state index in [4.69, 9.17) is 14.2 Å². The Bertz CT molecular complexity index is 962. The van der Waals surface area contributed by atoms with Crippen LogP contribution in [0.1, 0.15) is 91.4 Å². The number of alkyl carbamates (subject to hydrolysis) is 1. The highest BCUT2D eigenvalue weighted by Crippen LogP contribution is 2.25. The molecule has 0 aliphatic rings. The maximum Gasteiger partial charge on any atom is 0.407 e. The predicted octanol–water partition coefficient (Wildman–Crippen LogP) is 4.89. The lowest BCUT2D eigenvalue weighted by Crippen LogP contribution is -2.49. The molecule has 0 aromatic heterocycles. The highest BCUT2D eigenvalue weighted by molar-refractivity contribution is 5.96. The summed E-state index contributed by atoms with van der Waals surface area (Å²) in [6.45, 7) is 16.2. The molecule has 0 aliphatic carbocycles. The third-order valence-electron chi connectivity index (χ3n) is 7.12. The van der Waals surface area contributed by atoms with E-state index in [0.29, 0.717) is 30.8 Å². The fraction of sp³-hybridized carbons (Fsp3) is 0.719. The molecule has 0 aliphatic heterocycles. The number of hydrogen-bond acceptors (Lipinski definition) is 7. The summed E-state index contributed by atoms with van der Waals surface area (Å²) in [6.07, 6.45) is 0.737. The lowest BCUT2D eigenvalue weighted by atomic mass is 9.82. The third-order valence-corrected chi connectivity index (χ3v) is 7.12. The largest absolute Gasteiger partial charge is 0.467 e. The number of unbranched alkanes of at least 4 members (excludes halogenated alkanes) is 1. The third kappa shape index (κ3) is 13.9. The van der Waals surface area contributed by atoms with Crippen molar-refractivity contribution in [2.75, 3.05) is 27.0 Å². The van der Waals surface area contributed by atoms with Crippen LogP contribution < -0.4 is 20.7 Å². The molecule has 4 unspecified atom stereocenters. The molecule has 42 heavy (non-hydrogen) atoms. The average Bonchev–Trinajstić information content (AvgIpc) is 2.90. The molecule has 0 fully saturated rings. The second-order valence-electron chi connectivity index (χ2n) is 12.5. The van der Waals surface area contributed by atoms with Crippen LogP contribution in [0.4, 0.5) is 4.79 Å². The van der Waals surface area contributed by atoms with Crippen molar-refractivity contribution in [1.29, 1.82) is 0 Å². The van der Waals surface area contributed by atoms with Gasteiger partial charge in [0.05, 0.1) is 17.7 Å². The summed E-state index contributed by atoms with van der Waals surface area (Å²) in [5, 5.41) is 20.3. The van der Waals surface area contributed by atoms with E-state index < -0.39 is 29.8 Å². The summed E-state index contributed by atoms with van der Waals surface area (Å²) >= 11 is 0. The number of methoxy groups -OCH3 is 1. The Hall–Kier alpha value is -2.85. The van der Waals surface area contributed by atoms with Gasteiger partial charge in [0, 0.05) is 26.1 Å².